The quantitative estimate of drug-likeness (QED) is 0.627. The van der Waals surface area contributed by atoms with E-state index >= 15 is 0 Å². The minimum absolute atomic E-state index is 0.101. The van der Waals surface area contributed by atoms with Crippen LogP contribution >= 0.6 is 11.6 Å². The first-order valence-electron chi connectivity index (χ1n) is 8.50. The number of rotatable bonds is 5. The molecule has 3 aromatic rings. The third-order valence-electron chi connectivity index (χ3n) is 4.12. The van der Waals surface area contributed by atoms with Gasteiger partial charge < -0.3 is 14.2 Å². The number of hydrogen-bond donors (Lipinski definition) is 0. The summed E-state index contributed by atoms with van der Waals surface area (Å²) in [5.74, 6) is 0.709. The van der Waals surface area contributed by atoms with E-state index in [0.29, 0.717) is 41.8 Å². The summed E-state index contributed by atoms with van der Waals surface area (Å²) in [6.45, 7) is 1.69. The van der Waals surface area contributed by atoms with Crippen molar-refractivity contribution in [3.8, 4) is 11.5 Å². The molecule has 0 spiro atoms. The molecule has 0 atom stereocenters. The Kier molecular flexibility index (Phi) is 4.98. The van der Waals surface area contributed by atoms with E-state index in [2.05, 4.69) is 5.10 Å². The molecule has 138 valence electrons. The predicted molar refractivity (Wildman–Crippen MR) is 99.3 cm³/mol. The largest absolute Gasteiger partial charge is 0.486 e. The van der Waals surface area contributed by atoms with E-state index in [4.69, 9.17) is 25.8 Å². The SMILES string of the molecule is O=C(OCc1cc(Cl)c2c(c1)OCCO2)c1ccc(Cn2cccn2)cc1. The van der Waals surface area contributed by atoms with Gasteiger partial charge in [-0.25, -0.2) is 4.79 Å². The maximum Gasteiger partial charge on any atom is 0.338 e. The molecule has 6 nitrogen and oxygen atoms in total. The number of carbonyl (C=O) groups excluding carboxylic acids is 1. The minimum atomic E-state index is -0.397. The molecule has 0 N–H and O–H groups in total. The summed E-state index contributed by atoms with van der Waals surface area (Å²) in [6.07, 6.45) is 3.62. The Labute approximate surface area is 161 Å². The Bertz CT molecular complexity index is 939. The zero-order valence-corrected chi connectivity index (χ0v) is 15.2. The molecule has 0 fully saturated rings. The molecule has 2 aromatic carbocycles. The van der Waals surface area contributed by atoms with Crippen molar-refractivity contribution in [2.75, 3.05) is 13.2 Å². The van der Waals surface area contributed by atoms with Crippen LogP contribution in [0, 0.1) is 0 Å². The zero-order chi connectivity index (χ0) is 18.6. The second-order valence-corrected chi connectivity index (χ2v) is 6.49. The van der Waals surface area contributed by atoms with Gasteiger partial charge in [0.15, 0.2) is 11.5 Å². The number of benzene rings is 2. The first kappa shape index (κ1) is 17.4. The average Bonchev–Trinajstić information content (AvgIpc) is 3.20. The number of ether oxygens (including phenoxy) is 3. The highest BCUT2D eigenvalue weighted by molar-refractivity contribution is 6.32. The summed E-state index contributed by atoms with van der Waals surface area (Å²) in [6, 6.07) is 12.6. The number of carbonyl (C=O) groups is 1. The van der Waals surface area contributed by atoms with Crippen molar-refractivity contribution in [1.29, 1.82) is 0 Å². The normalized spacial score (nSPS) is 12.6. The van der Waals surface area contributed by atoms with E-state index in [0.717, 1.165) is 11.1 Å². The van der Waals surface area contributed by atoms with Crippen molar-refractivity contribution in [1.82, 2.24) is 9.78 Å². The molecule has 0 saturated carbocycles. The van der Waals surface area contributed by atoms with Crippen LogP contribution in [0.1, 0.15) is 21.5 Å². The number of fused-ring (bicyclic) bond motifs is 1. The molecule has 27 heavy (non-hydrogen) atoms. The van der Waals surface area contributed by atoms with Gasteiger partial charge >= 0.3 is 5.97 Å². The molecule has 0 amide bonds. The van der Waals surface area contributed by atoms with Crippen LogP contribution in [0.25, 0.3) is 0 Å². The van der Waals surface area contributed by atoms with Crippen molar-refractivity contribution in [2.24, 2.45) is 0 Å². The lowest BCUT2D eigenvalue weighted by atomic mass is 10.1. The second-order valence-electron chi connectivity index (χ2n) is 6.08. The third-order valence-corrected chi connectivity index (χ3v) is 4.40. The lowest BCUT2D eigenvalue weighted by Gasteiger charge is -2.20. The van der Waals surface area contributed by atoms with Crippen LogP contribution in [-0.2, 0) is 17.9 Å². The van der Waals surface area contributed by atoms with Crippen molar-refractivity contribution in [3.63, 3.8) is 0 Å². The summed E-state index contributed by atoms with van der Waals surface area (Å²) in [5.41, 5.74) is 2.28. The summed E-state index contributed by atoms with van der Waals surface area (Å²) < 4.78 is 18.2. The van der Waals surface area contributed by atoms with Gasteiger partial charge in [-0.3, -0.25) is 4.68 Å². The van der Waals surface area contributed by atoms with Gasteiger partial charge in [0.1, 0.15) is 19.8 Å². The number of aromatic nitrogens is 2. The molecular weight excluding hydrogens is 368 g/mol. The third kappa shape index (κ3) is 4.06. The minimum Gasteiger partial charge on any atom is -0.486 e. The molecule has 1 aliphatic heterocycles. The predicted octanol–water partition coefficient (Wildman–Crippen LogP) is 3.71. The van der Waals surface area contributed by atoms with Crippen molar-refractivity contribution in [3.05, 3.63) is 76.6 Å². The first-order valence-corrected chi connectivity index (χ1v) is 8.88. The van der Waals surface area contributed by atoms with Crippen molar-refractivity contribution >= 4 is 17.6 Å². The van der Waals surface area contributed by atoms with Crippen molar-refractivity contribution < 1.29 is 19.0 Å². The van der Waals surface area contributed by atoms with E-state index in [1.54, 1.807) is 30.5 Å². The Morgan fingerprint density at radius 3 is 2.74 bits per heavy atom. The van der Waals surface area contributed by atoms with E-state index in [9.17, 15) is 4.79 Å². The van der Waals surface area contributed by atoms with Crippen LogP contribution in [-0.4, -0.2) is 29.0 Å². The number of nitrogens with zero attached hydrogens (tertiary/aromatic N) is 2. The molecule has 0 saturated heterocycles. The summed E-state index contributed by atoms with van der Waals surface area (Å²) >= 11 is 6.20. The van der Waals surface area contributed by atoms with Crippen LogP contribution in [0.4, 0.5) is 0 Å². The summed E-state index contributed by atoms with van der Waals surface area (Å²) in [4.78, 5) is 12.3. The smallest absolute Gasteiger partial charge is 0.338 e. The van der Waals surface area contributed by atoms with Gasteiger partial charge in [-0.15, -0.1) is 0 Å². The topological polar surface area (TPSA) is 62.6 Å². The molecule has 1 aromatic heterocycles. The lowest BCUT2D eigenvalue weighted by molar-refractivity contribution is 0.0472. The summed E-state index contributed by atoms with van der Waals surface area (Å²) in [5, 5.41) is 4.61. The maximum absolute atomic E-state index is 12.3. The fourth-order valence-electron chi connectivity index (χ4n) is 2.81. The van der Waals surface area contributed by atoms with Gasteiger partial charge in [0.25, 0.3) is 0 Å². The number of halogens is 1. The van der Waals surface area contributed by atoms with E-state index < -0.39 is 5.97 Å². The molecule has 1 aliphatic rings. The fraction of sp³-hybridized carbons (Fsp3) is 0.200. The van der Waals surface area contributed by atoms with Crippen LogP contribution in [0.5, 0.6) is 11.5 Å². The highest BCUT2D eigenvalue weighted by Crippen LogP contribution is 2.38. The van der Waals surface area contributed by atoms with E-state index in [1.807, 2.05) is 29.1 Å². The maximum atomic E-state index is 12.3. The van der Waals surface area contributed by atoms with E-state index in [1.165, 1.54) is 0 Å². The molecule has 0 radical (unpaired) electrons. The molecule has 2 heterocycles. The Morgan fingerprint density at radius 2 is 1.96 bits per heavy atom. The fourth-order valence-corrected chi connectivity index (χ4v) is 3.09. The Morgan fingerprint density at radius 1 is 1.15 bits per heavy atom. The Hall–Kier alpha value is -2.99. The van der Waals surface area contributed by atoms with Gasteiger partial charge in [0, 0.05) is 12.4 Å². The molecule has 4 rings (SSSR count). The molecule has 7 heteroatoms. The van der Waals surface area contributed by atoms with Crippen LogP contribution < -0.4 is 9.47 Å². The monoisotopic (exact) mass is 384 g/mol. The molecular formula is C20H17ClN2O4. The average molecular weight is 385 g/mol. The van der Waals surface area contributed by atoms with Crippen molar-refractivity contribution in [2.45, 2.75) is 13.2 Å². The first-order chi connectivity index (χ1) is 13.2. The van der Waals surface area contributed by atoms with Crippen LogP contribution in [0.15, 0.2) is 54.9 Å². The van der Waals surface area contributed by atoms with Gasteiger partial charge in [0.2, 0.25) is 0 Å². The highest BCUT2D eigenvalue weighted by Gasteiger charge is 2.17. The highest BCUT2D eigenvalue weighted by atomic mass is 35.5. The zero-order valence-electron chi connectivity index (χ0n) is 14.4. The molecule has 0 aliphatic carbocycles. The van der Waals surface area contributed by atoms with Crippen LogP contribution in [0.3, 0.4) is 0 Å². The van der Waals surface area contributed by atoms with Gasteiger partial charge in [0.05, 0.1) is 17.1 Å². The summed E-state index contributed by atoms with van der Waals surface area (Å²) in [7, 11) is 0. The molecule has 0 unspecified atom stereocenters. The standard InChI is InChI=1S/C20H17ClN2O4/c21-17-10-15(11-18-19(17)26-9-8-25-18)13-27-20(24)16-4-2-14(3-5-16)12-23-7-1-6-22-23/h1-7,10-11H,8-9,12-13H2. The second kappa shape index (κ2) is 7.72. The van der Waals surface area contributed by atoms with E-state index in [-0.39, 0.29) is 6.61 Å². The lowest BCUT2D eigenvalue weighted by Crippen LogP contribution is -2.16. The number of esters is 1. The van der Waals surface area contributed by atoms with Crippen LogP contribution in [0.2, 0.25) is 5.02 Å². The molecule has 0 bridgehead atoms. The Balaban J connectivity index is 1.38. The number of hydrogen-bond acceptors (Lipinski definition) is 5. The van der Waals surface area contributed by atoms with Gasteiger partial charge in [-0.05, 0) is 41.5 Å². The van der Waals surface area contributed by atoms with Gasteiger partial charge in [-0.1, -0.05) is 23.7 Å². The van der Waals surface area contributed by atoms with Gasteiger partial charge in [-0.2, -0.15) is 5.10 Å².